The number of fused-ring (bicyclic) bond motifs is 1. The summed E-state index contributed by atoms with van der Waals surface area (Å²) in [6.45, 7) is 1.25. The number of piperidine rings is 1. The predicted octanol–water partition coefficient (Wildman–Crippen LogP) is 5.35. The second-order valence-electron chi connectivity index (χ2n) is 7.57. The lowest BCUT2D eigenvalue weighted by atomic mass is 9.97. The Kier molecular flexibility index (Phi) is 5.26. The lowest BCUT2D eigenvalue weighted by Crippen LogP contribution is -2.40. The summed E-state index contributed by atoms with van der Waals surface area (Å²) in [6, 6.07) is 16.9. The first kappa shape index (κ1) is 19.5. The number of anilines is 1. The fourth-order valence-corrected chi connectivity index (χ4v) is 3.90. The largest absolute Gasteiger partial charge is 0.339 e. The number of rotatable bonds is 3. The average molecular weight is 434 g/mol. The molecule has 156 valence electrons. The number of amides is 2. The van der Waals surface area contributed by atoms with E-state index in [1.165, 1.54) is 0 Å². The molecule has 3 heterocycles. The molecule has 7 nitrogen and oxygen atoms in total. The molecule has 0 atom stereocenters. The summed E-state index contributed by atoms with van der Waals surface area (Å²) in [5.74, 6) is 1.28. The molecule has 31 heavy (non-hydrogen) atoms. The van der Waals surface area contributed by atoms with Gasteiger partial charge in [0.25, 0.3) is 0 Å². The van der Waals surface area contributed by atoms with Gasteiger partial charge in [-0.05, 0) is 49.2 Å². The minimum Gasteiger partial charge on any atom is -0.339 e. The third-order valence-corrected chi connectivity index (χ3v) is 5.77. The van der Waals surface area contributed by atoms with Crippen molar-refractivity contribution in [1.29, 1.82) is 0 Å². The van der Waals surface area contributed by atoms with Gasteiger partial charge in [0.1, 0.15) is 0 Å². The SMILES string of the molecule is O=C(Nc1ccc(Cl)cc1)N1CCC(c2nc(-c3cnc4ccccc4c3)no2)CC1. The van der Waals surface area contributed by atoms with Gasteiger partial charge in [0.15, 0.2) is 0 Å². The van der Waals surface area contributed by atoms with E-state index >= 15 is 0 Å². The number of carbonyl (C=O) groups excluding carboxylic acids is 1. The first-order valence-corrected chi connectivity index (χ1v) is 10.5. The van der Waals surface area contributed by atoms with E-state index in [1.54, 1.807) is 35.4 Å². The van der Waals surface area contributed by atoms with Crippen LogP contribution in [-0.4, -0.2) is 39.1 Å². The first-order chi connectivity index (χ1) is 15.2. The molecule has 5 rings (SSSR count). The normalized spacial score (nSPS) is 14.7. The number of pyridine rings is 1. The van der Waals surface area contributed by atoms with E-state index in [4.69, 9.17) is 16.1 Å². The number of hydrogen-bond acceptors (Lipinski definition) is 5. The molecule has 2 amide bonds. The van der Waals surface area contributed by atoms with Crippen molar-refractivity contribution in [3.8, 4) is 11.4 Å². The van der Waals surface area contributed by atoms with Gasteiger partial charge in [-0.15, -0.1) is 0 Å². The number of likely N-dealkylation sites (tertiary alicyclic amines) is 1. The highest BCUT2D eigenvalue weighted by Gasteiger charge is 2.27. The minimum atomic E-state index is -0.116. The molecular weight excluding hydrogens is 414 g/mol. The molecule has 0 unspecified atom stereocenters. The maximum absolute atomic E-state index is 12.5. The highest BCUT2D eigenvalue weighted by molar-refractivity contribution is 6.30. The van der Waals surface area contributed by atoms with Crippen LogP contribution < -0.4 is 5.32 Å². The number of aromatic nitrogens is 3. The average Bonchev–Trinajstić information content (AvgIpc) is 3.31. The van der Waals surface area contributed by atoms with E-state index in [2.05, 4.69) is 20.4 Å². The van der Waals surface area contributed by atoms with Crippen LogP contribution in [0, 0.1) is 0 Å². The van der Waals surface area contributed by atoms with Crippen LogP contribution in [0.15, 0.2) is 65.3 Å². The number of urea groups is 1. The van der Waals surface area contributed by atoms with E-state index in [9.17, 15) is 4.79 Å². The van der Waals surface area contributed by atoms with Crippen molar-refractivity contribution in [3.63, 3.8) is 0 Å². The Hall–Kier alpha value is -3.45. The Bertz CT molecular complexity index is 1220. The zero-order chi connectivity index (χ0) is 21.2. The summed E-state index contributed by atoms with van der Waals surface area (Å²) in [6.07, 6.45) is 3.30. The van der Waals surface area contributed by atoms with E-state index < -0.39 is 0 Å². The summed E-state index contributed by atoms with van der Waals surface area (Å²) in [7, 11) is 0. The van der Waals surface area contributed by atoms with Gasteiger partial charge in [-0.1, -0.05) is 35.0 Å². The van der Waals surface area contributed by atoms with Crippen molar-refractivity contribution in [2.75, 3.05) is 18.4 Å². The number of benzene rings is 2. The van der Waals surface area contributed by atoms with Gasteiger partial charge >= 0.3 is 6.03 Å². The molecule has 8 heteroatoms. The third kappa shape index (κ3) is 4.22. The minimum absolute atomic E-state index is 0.116. The van der Waals surface area contributed by atoms with E-state index in [0.717, 1.165) is 35.0 Å². The van der Waals surface area contributed by atoms with Gasteiger partial charge in [-0.2, -0.15) is 4.98 Å². The summed E-state index contributed by atoms with van der Waals surface area (Å²) >= 11 is 5.89. The monoisotopic (exact) mass is 433 g/mol. The molecule has 2 aromatic carbocycles. The zero-order valence-corrected chi connectivity index (χ0v) is 17.4. The number of nitrogens with one attached hydrogen (secondary N) is 1. The van der Waals surface area contributed by atoms with E-state index in [-0.39, 0.29) is 11.9 Å². The van der Waals surface area contributed by atoms with Crippen LogP contribution in [0.25, 0.3) is 22.3 Å². The van der Waals surface area contributed by atoms with Gasteiger partial charge in [-0.25, -0.2) is 4.79 Å². The zero-order valence-electron chi connectivity index (χ0n) is 16.7. The Morgan fingerprint density at radius 2 is 1.87 bits per heavy atom. The number of hydrogen-bond donors (Lipinski definition) is 1. The van der Waals surface area contributed by atoms with Crippen LogP contribution in [0.4, 0.5) is 10.5 Å². The number of para-hydroxylation sites is 1. The second-order valence-corrected chi connectivity index (χ2v) is 8.01. The molecule has 0 radical (unpaired) electrons. The lowest BCUT2D eigenvalue weighted by molar-refractivity contribution is 0.187. The predicted molar refractivity (Wildman–Crippen MR) is 119 cm³/mol. The Morgan fingerprint density at radius 3 is 2.68 bits per heavy atom. The lowest BCUT2D eigenvalue weighted by Gasteiger charge is -2.30. The molecule has 1 saturated heterocycles. The fraction of sp³-hybridized carbons (Fsp3) is 0.217. The summed E-state index contributed by atoms with van der Waals surface area (Å²) < 4.78 is 5.55. The van der Waals surface area contributed by atoms with E-state index in [0.29, 0.717) is 29.8 Å². The maximum atomic E-state index is 12.5. The molecule has 4 aromatic rings. The second kappa shape index (κ2) is 8.35. The topological polar surface area (TPSA) is 84.2 Å². The number of nitrogens with zero attached hydrogens (tertiary/aromatic N) is 4. The van der Waals surface area contributed by atoms with Crippen LogP contribution in [0.3, 0.4) is 0 Å². The number of carbonyl (C=O) groups is 1. The summed E-state index contributed by atoms with van der Waals surface area (Å²) in [4.78, 5) is 23.4. The van der Waals surface area contributed by atoms with Gasteiger partial charge < -0.3 is 14.7 Å². The van der Waals surface area contributed by atoms with Crippen molar-refractivity contribution in [3.05, 3.63) is 71.7 Å². The van der Waals surface area contributed by atoms with Crippen molar-refractivity contribution < 1.29 is 9.32 Å². The molecule has 0 aliphatic carbocycles. The van der Waals surface area contributed by atoms with Crippen LogP contribution in [-0.2, 0) is 0 Å². The van der Waals surface area contributed by atoms with Gasteiger partial charge in [-0.3, -0.25) is 4.98 Å². The Balaban J connectivity index is 1.22. The van der Waals surface area contributed by atoms with Crippen molar-refractivity contribution in [1.82, 2.24) is 20.0 Å². The van der Waals surface area contributed by atoms with E-state index in [1.807, 2.05) is 30.3 Å². The third-order valence-electron chi connectivity index (χ3n) is 5.52. The maximum Gasteiger partial charge on any atom is 0.321 e. The number of halogens is 1. The van der Waals surface area contributed by atoms with Gasteiger partial charge in [0.05, 0.1) is 5.52 Å². The smallest absolute Gasteiger partial charge is 0.321 e. The molecular formula is C23H20ClN5O2. The van der Waals surface area contributed by atoms with Gasteiger partial charge in [0, 0.05) is 46.9 Å². The molecule has 2 aromatic heterocycles. The molecule has 0 spiro atoms. The molecule has 1 aliphatic rings. The van der Waals surface area contributed by atoms with Crippen molar-refractivity contribution >= 4 is 34.2 Å². The van der Waals surface area contributed by atoms with Gasteiger partial charge in [0.2, 0.25) is 11.7 Å². The molecule has 1 aliphatic heterocycles. The van der Waals surface area contributed by atoms with Crippen molar-refractivity contribution in [2.45, 2.75) is 18.8 Å². The molecule has 1 N–H and O–H groups in total. The summed E-state index contributed by atoms with van der Waals surface area (Å²) in [5.41, 5.74) is 2.48. The molecule has 0 saturated carbocycles. The highest BCUT2D eigenvalue weighted by atomic mass is 35.5. The van der Waals surface area contributed by atoms with Crippen LogP contribution in [0.1, 0.15) is 24.7 Å². The highest BCUT2D eigenvalue weighted by Crippen LogP contribution is 2.29. The van der Waals surface area contributed by atoms with Crippen LogP contribution in [0.2, 0.25) is 5.02 Å². The Labute approximate surface area is 184 Å². The quantitative estimate of drug-likeness (QED) is 0.470. The molecule has 0 bridgehead atoms. The standard InChI is InChI=1S/C23H20ClN5O2/c24-18-5-7-19(8-6-18)26-23(30)29-11-9-15(10-12-29)22-27-21(28-31-22)17-13-16-3-1-2-4-20(16)25-14-17/h1-8,13-15H,9-12H2,(H,26,30). The van der Waals surface area contributed by atoms with Crippen LogP contribution in [0.5, 0.6) is 0 Å². The van der Waals surface area contributed by atoms with Crippen molar-refractivity contribution in [2.24, 2.45) is 0 Å². The van der Waals surface area contributed by atoms with Crippen LogP contribution >= 0.6 is 11.6 Å². The summed E-state index contributed by atoms with van der Waals surface area (Å²) in [5, 5.41) is 8.73. The first-order valence-electron chi connectivity index (χ1n) is 10.2. The fourth-order valence-electron chi connectivity index (χ4n) is 3.78. The molecule has 1 fully saturated rings. The Morgan fingerprint density at radius 1 is 1.10 bits per heavy atom.